The Hall–Kier alpha value is -7.38. The Kier molecular flexibility index (Phi) is 15.0. The van der Waals surface area contributed by atoms with Crippen LogP contribution in [-0.4, -0.2) is 139 Å². The van der Waals surface area contributed by atoms with E-state index in [0.29, 0.717) is 49.3 Å². The first-order valence-corrected chi connectivity index (χ1v) is 27.6. The zero-order valence-corrected chi connectivity index (χ0v) is 45.0. The highest BCUT2D eigenvalue weighted by Gasteiger charge is 2.44. The first-order chi connectivity index (χ1) is 38.0. The minimum absolute atomic E-state index is 0.0199. The number of ether oxygens (including phenoxy) is 2. The molecule has 6 atom stereocenters. The molecule has 4 aliphatic rings. The van der Waals surface area contributed by atoms with E-state index in [9.17, 15) is 19.8 Å². The number of pyridine rings is 1. The summed E-state index contributed by atoms with van der Waals surface area (Å²) in [7, 11) is 0. The topological polar surface area (TPSA) is 204 Å². The Bertz CT molecular complexity index is 3460. The highest BCUT2D eigenvalue weighted by Crippen LogP contribution is 2.40. The lowest BCUT2D eigenvalue weighted by Crippen LogP contribution is -2.51. The maximum absolute atomic E-state index is 17.1. The Morgan fingerprint density at radius 2 is 1.77 bits per heavy atom. The van der Waals surface area contributed by atoms with E-state index < -0.39 is 41.3 Å². The SMILES string of the molecule is C#Cc1c(F)ccc2cc(O)cc(-c3ncc4c(N5CC6CCC(C5)N6)nc(OCCN5CCC(F)(COc6cc([C@@H](C(=O)N7C[C@H](O)C[C@H]7C(=O)N[C@@H](C)c7ccc(-c8scnc8C)cc7)C(C)C)on6)CC5)nc4c3F)c12. The van der Waals surface area contributed by atoms with Gasteiger partial charge < -0.3 is 44.6 Å². The molecule has 2 bridgehead atoms. The zero-order chi connectivity index (χ0) is 55.3. The number of carbonyl (C=O) groups excluding carboxylic acids is 2. The number of piperazine rings is 1. The predicted octanol–water partition coefficient (Wildman–Crippen LogP) is 8.01. The quantitative estimate of drug-likeness (QED) is 0.0677. The molecule has 4 N–H and O–H groups in total. The third-order valence-electron chi connectivity index (χ3n) is 15.9. The molecule has 4 fully saturated rings. The lowest BCUT2D eigenvalue weighted by Gasteiger charge is -2.35. The summed E-state index contributed by atoms with van der Waals surface area (Å²) in [5, 5.41) is 33.1. The Morgan fingerprint density at radius 1 is 1.01 bits per heavy atom. The van der Waals surface area contributed by atoms with Crippen molar-refractivity contribution in [2.24, 2.45) is 5.92 Å². The number of thiazole rings is 1. The molecule has 4 saturated heterocycles. The van der Waals surface area contributed by atoms with Crippen LogP contribution in [0.15, 0.2) is 70.8 Å². The van der Waals surface area contributed by atoms with E-state index >= 15 is 13.2 Å². The van der Waals surface area contributed by atoms with Crippen molar-refractivity contribution in [1.82, 2.24) is 45.5 Å². The molecule has 3 aromatic carbocycles. The van der Waals surface area contributed by atoms with Crippen molar-refractivity contribution in [3.05, 3.63) is 101 Å². The fourth-order valence-corrected chi connectivity index (χ4v) is 12.4. The van der Waals surface area contributed by atoms with E-state index in [1.54, 1.807) is 11.3 Å². The molecule has 2 amide bonds. The molecular weight excluding hydrogens is 1040 g/mol. The van der Waals surface area contributed by atoms with Gasteiger partial charge in [-0.3, -0.25) is 19.5 Å². The molecule has 0 aliphatic carbocycles. The van der Waals surface area contributed by atoms with Crippen molar-refractivity contribution in [3.63, 3.8) is 0 Å². The van der Waals surface area contributed by atoms with Crippen molar-refractivity contribution < 1.29 is 47.0 Å². The molecular formula is C58H61F3N10O7S. The maximum Gasteiger partial charge on any atom is 0.319 e. The van der Waals surface area contributed by atoms with Crippen LogP contribution in [0.1, 0.15) is 87.4 Å². The van der Waals surface area contributed by atoms with Crippen LogP contribution in [0.25, 0.3) is 43.4 Å². The smallest absolute Gasteiger partial charge is 0.319 e. The second-order valence-electron chi connectivity index (χ2n) is 21.6. The van der Waals surface area contributed by atoms with Gasteiger partial charge in [-0.25, -0.2) is 18.2 Å². The number of aromatic hydroxyl groups is 1. The Balaban J connectivity index is 0.716. The van der Waals surface area contributed by atoms with Crippen LogP contribution < -0.4 is 25.0 Å². The molecule has 0 radical (unpaired) electrons. The number of aliphatic hydroxyl groups excluding tert-OH is 1. The number of fused-ring (bicyclic) bond motifs is 4. The van der Waals surface area contributed by atoms with Crippen molar-refractivity contribution in [2.45, 2.75) is 102 Å². The number of halogens is 3. The van der Waals surface area contributed by atoms with Gasteiger partial charge >= 0.3 is 6.01 Å². The van der Waals surface area contributed by atoms with Gasteiger partial charge in [-0.2, -0.15) is 9.97 Å². The number of β-amino-alcohol motifs (C(OH)–C–C–N with tert-alkyl or cyclic N) is 1. The van der Waals surface area contributed by atoms with Crippen LogP contribution in [0.3, 0.4) is 0 Å². The number of aromatic nitrogens is 5. The third kappa shape index (κ3) is 10.9. The third-order valence-corrected chi connectivity index (χ3v) is 16.8. The monoisotopic (exact) mass is 1100 g/mol. The molecule has 0 saturated carbocycles. The molecule has 79 heavy (non-hydrogen) atoms. The number of anilines is 1. The summed E-state index contributed by atoms with van der Waals surface area (Å²) >= 11 is 1.56. The molecule has 4 aliphatic heterocycles. The van der Waals surface area contributed by atoms with Gasteiger partial charge in [-0.15, -0.1) is 17.8 Å². The van der Waals surface area contributed by atoms with Crippen LogP contribution in [0.4, 0.5) is 19.0 Å². The zero-order valence-electron chi connectivity index (χ0n) is 44.2. The van der Waals surface area contributed by atoms with E-state index in [0.717, 1.165) is 34.5 Å². The summed E-state index contributed by atoms with van der Waals surface area (Å²) in [6, 6.07) is 13.9. The standard InChI is InChI=1S/C58H61F3N10O7S/c1-6-41-44(59)14-11-36-21-39(72)22-42(49(36)41)51-50(60)52-43(25-62-51)54(70-26-37-12-13-38(27-70)65-37)67-57(66-52)76-20-19-69-17-15-58(61,16-18-69)29-77-47-24-46(78-68-47)48(31(2)3)56(75)71-28-40(73)23-45(71)55(74)64-32(4)34-7-9-35(10-8-34)53-33(5)63-30-79-53/h1,7-11,14,21-22,24-25,30-32,37-38,40,45,48,65,72-73H,12-13,15-20,23,26-29H2,2-5H3,(H,64,74)/t32-,37?,38?,40+,45-,48-/m0/s1. The normalized spacial score (nSPS) is 20.9. The van der Waals surface area contributed by atoms with Gasteiger partial charge in [-0.1, -0.05) is 50.1 Å². The van der Waals surface area contributed by atoms with E-state index in [1.807, 2.05) is 62.4 Å². The Morgan fingerprint density at radius 3 is 2.48 bits per heavy atom. The molecule has 412 valence electrons. The first-order valence-electron chi connectivity index (χ1n) is 26.7. The van der Waals surface area contributed by atoms with Gasteiger partial charge in [0, 0.05) is 81.0 Å². The second-order valence-corrected chi connectivity index (χ2v) is 22.5. The summed E-state index contributed by atoms with van der Waals surface area (Å²) in [4.78, 5) is 52.9. The average Bonchev–Trinajstić information content (AvgIpc) is 4.42. The van der Waals surface area contributed by atoms with E-state index in [1.165, 1.54) is 41.4 Å². The number of carbonyl (C=O) groups is 2. The number of aliphatic hydroxyl groups is 1. The fraction of sp³-hybridized carbons (Fsp3) is 0.431. The number of hydrogen-bond donors (Lipinski definition) is 4. The number of piperidine rings is 1. The van der Waals surface area contributed by atoms with Gasteiger partial charge in [0.15, 0.2) is 11.6 Å². The molecule has 21 heteroatoms. The summed E-state index contributed by atoms with van der Waals surface area (Å²) in [5.41, 5.74) is 2.74. The largest absolute Gasteiger partial charge is 0.508 e. The highest BCUT2D eigenvalue weighted by atomic mass is 32.1. The summed E-state index contributed by atoms with van der Waals surface area (Å²) in [6.45, 7) is 9.70. The van der Waals surface area contributed by atoms with Gasteiger partial charge in [0.25, 0.3) is 5.88 Å². The van der Waals surface area contributed by atoms with Gasteiger partial charge in [0.05, 0.1) is 39.2 Å². The van der Waals surface area contributed by atoms with E-state index in [2.05, 4.69) is 41.6 Å². The number of nitrogens with zero attached hydrogens (tertiary/aromatic N) is 8. The number of rotatable bonds is 16. The highest BCUT2D eigenvalue weighted by molar-refractivity contribution is 7.13. The predicted molar refractivity (Wildman–Crippen MR) is 292 cm³/mol. The van der Waals surface area contributed by atoms with Crippen LogP contribution in [0.5, 0.6) is 17.6 Å². The van der Waals surface area contributed by atoms with Crippen molar-refractivity contribution in [2.75, 3.05) is 57.4 Å². The number of alkyl halides is 1. The van der Waals surface area contributed by atoms with Crippen LogP contribution in [-0.2, 0) is 9.59 Å². The van der Waals surface area contributed by atoms with Crippen molar-refractivity contribution in [1.29, 1.82) is 0 Å². The molecule has 4 aromatic heterocycles. The molecule has 2 unspecified atom stereocenters. The number of benzene rings is 3. The number of terminal acetylenes is 1. The lowest BCUT2D eigenvalue weighted by molar-refractivity contribution is -0.141. The van der Waals surface area contributed by atoms with Gasteiger partial charge in [0.1, 0.15) is 59.4 Å². The van der Waals surface area contributed by atoms with Crippen molar-refractivity contribution in [3.8, 4) is 51.7 Å². The second kappa shape index (κ2) is 22.0. The summed E-state index contributed by atoms with van der Waals surface area (Å²) in [5.74, 6) is -0.569. The Labute approximate surface area is 458 Å². The summed E-state index contributed by atoms with van der Waals surface area (Å²) in [6.07, 6.45) is 8.67. The number of aryl methyl sites for hydroxylation is 1. The minimum atomic E-state index is -1.70. The molecule has 7 aromatic rings. The summed E-state index contributed by atoms with van der Waals surface area (Å²) < 4.78 is 66.2. The first kappa shape index (κ1) is 53.6. The van der Waals surface area contributed by atoms with Crippen LogP contribution in [0, 0.1) is 36.8 Å². The number of likely N-dealkylation sites (tertiary alicyclic amines) is 2. The number of phenols is 1. The van der Waals surface area contributed by atoms with Crippen molar-refractivity contribution >= 4 is 50.6 Å². The maximum atomic E-state index is 17.1. The number of phenolic OH excluding ortho intramolecular Hbond substituents is 1. The van der Waals surface area contributed by atoms with Gasteiger partial charge in [0.2, 0.25) is 11.8 Å². The number of nitrogens with one attached hydrogen (secondary N) is 2. The number of hydrogen-bond acceptors (Lipinski definition) is 16. The fourth-order valence-electron chi connectivity index (χ4n) is 11.6. The van der Waals surface area contributed by atoms with E-state index in [4.69, 9.17) is 25.4 Å². The average molecular weight is 1100 g/mol. The molecule has 17 nitrogen and oxygen atoms in total. The number of amides is 2. The molecule has 8 heterocycles. The van der Waals surface area contributed by atoms with Crippen LogP contribution in [0.2, 0.25) is 0 Å². The lowest BCUT2D eigenvalue weighted by atomic mass is 9.91. The van der Waals surface area contributed by atoms with Crippen LogP contribution >= 0.6 is 11.3 Å². The minimum Gasteiger partial charge on any atom is -0.508 e. The molecule has 0 spiro atoms. The van der Waals surface area contributed by atoms with Gasteiger partial charge in [-0.05, 0) is 85.3 Å². The molecule has 11 rings (SSSR count). The van der Waals surface area contributed by atoms with E-state index in [-0.39, 0.29) is 120 Å².